The molecule has 0 aromatic heterocycles. The SMILES string of the molecule is CCCC1CCC(C(CCC)C(=O)OC2CCCCC2)CC1. The Labute approximate surface area is 137 Å². The highest BCUT2D eigenvalue weighted by molar-refractivity contribution is 5.73. The molecule has 0 N–H and O–H groups in total. The van der Waals surface area contributed by atoms with Gasteiger partial charge in [0.1, 0.15) is 6.10 Å². The first-order valence-electron chi connectivity index (χ1n) is 9.95. The van der Waals surface area contributed by atoms with Crippen molar-refractivity contribution in [3.05, 3.63) is 0 Å². The number of hydrogen-bond acceptors (Lipinski definition) is 2. The van der Waals surface area contributed by atoms with E-state index in [0.29, 0.717) is 5.92 Å². The van der Waals surface area contributed by atoms with Crippen molar-refractivity contribution in [3.63, 3.8) is 0 Å². The first kappa shape index (κ1) is 17.8. The average molecular weight is 309 g/mol. The van der Waals surface area contributed by atoms with Crippen LogP contribution in [0.2, 0.25) is 0 Å². The van der Waals surface area contributed by atoms with Crippen LogP contribution < -0.4 is 0 Å². The zero-order valence-corrected chi connectivity index (χ0v) is 14.8. The number of carbonyl (C=O) groups excluding carboxylic acids is 1. The van der Waals surface area contributed by atoms with Crippen molar-refractivity contribution in [1.82, 2.24) is 0 Å². The number of ether oxygens (including phenoxy) is 1. The van der Waals surface area contributed by atoms with E-state index in [9.17, 15) is 4.79 Å². The molecule has 0 saturated heterocycles. The van der Waals surface area contributed by atoms with Gasteiger partial charge in [0.2, 0.25) is 0 Å². The molecule has 128 valence electrons. The molecular weight excluding hydrogens is 272 g/mol. The second kappa shape index (κ2) is 9.57. The van der Waals surface area contributed by atoms with Gasteiger partial charge in [-0.1, -0.05) is 52.4 Å². The van der Waals surface area contributed by atoms with Gasteiger partial charge in [0.15, 0.2) is 0 Å². The minimum atomic E-state index is 0.132. The van der Waals surface area contributed by atoms with E-state index in [0.717, 1.165) is 31.6 Å². The second-order valence-electron chi connectivity index (χ2n) is 7.66. The molecule has 0 aromatic carbocycles. The Kier molecular flexibility index (Phi) is 7.75. The number of rotatable bonds is 7. The van der Waals surface area contributed by atoms with E-state index in [-0.39, 0.29) is 18.0 Å². The van der Waals surface area contributed by atoms with Crippen LogP contribution in [-0.4, -0.2) is 12.1 Å². The summed E-state index contributed by atoms with van der Waals surface area (Å²) in [6.07, 6.45) is 16.1. The molecular formula is C20H36O2. The van der Waals surface area contributed by atoms with E-state index in [2.05, 4.69) is 13.8 Å². The van der Waals surface area contributed by atoms with E-state index < -0.39 is 0 Å². The van der Waals surface area contributed by atoms with Crippen LogP contribution in [0.4, 0.5) is 0 Å². The summed E-state index contributed by atoms with van der Waals surface area (Å²) in [5.74, 6) is 1.81. The molecule has 2 rings (SSSR count). The van der Waals surface area contributed by atoms with Gasteiger partial charge in [0, 0.05) is 0 Å². The van der Waals surface area contributed by atoms with Crippen molar-refractivity contribution in [2.45, 2.75) is 103 Å². The molecule has 0 aromatic rings. The third-order valence-corrected chi connectivity index (χ3v) is 5.89. The quantitative estimate of drug-likeness (QED) is 0.548. The lowest BCUT2D eigenvalue weighted by atomic mass is 9.73. The summed E-state index contributed by atoms with van der Waals surface area (Å²) < 4.78 is 5.89. The summed E-state index contributed by atoms with van der Waals surface area (Å²) in [4.78, 5) is 12.7. The molecule has 2 heteroatoms. The van der Waals surface area contributed by atoms with E-state index in [1.807, 2.05) is 0 Å². The lowest BCUT2D eigenvalue weighted by molar-refractivity contribution is -0.158. The Hall–Kier alpha value is -0.530. The first-order valence-corrected chi connectivity index (χ1v) is 9.95. The fourth-order valence-electron chi connectivity index (χ4n) is 4.58. The minimum Gasteiger partial charge on any atom is -0.462 e. The van der Waals surface area contributed by atoms with Gasteiger partial charge in [-0.2, -0.15) is 0 Å². The summed E-state index contributed by atoms with van der Waals surface area (Å²) in [6, 6.07) is 0. The van der Waals surface area contributed by atoms with Gasteiger partial charge >= 0.3 is 5.97 Å². The normalized spacial score (nSPS) is 28.3. The molecule has 1 unspecified atom stereocenters. The first-order chi connectivity index (χ1) is 10.7. The van der Waals surface area contributed by atoms with Gasteiger partial charge in [-0.25, -0.2) is 0 Å². The van der Waals surface area contributed by atoms with Crippen LogP contribution in [0.3, 0.4) is 0 Å². The number of hydrogen-bond donors (Lipinski definition) is 0. The largest absolute Gasteiger partial charge is 0.462 e. The lowest BCUT2D eigenvalue weighted by Gasteiger charge is -2.34. The summed E-state index contributed by atoms with van der Waals surface area (Å²) in [7, 11) is 0. The van der Waals surface area contributed by atoms with Gasteiger partial charge in [-0.15, -0.1) is 0 Å². The van der Waals surface area contributed by atoms with Crippen molar-refractivity contribution in [2.24, 2.45) is 17.8 Å². The maximum atomic E-state index is 12.7. The second-order valence-corrected chi connectivity index (χ2v) is 7.66. The highest BCUT2D eigenvalue weighted by atomic mass is 16.5. The molecule has 22 heavy (non-hydrogen) atoms. The van der Waals surface area contributed by atoms with Crippen molar-refractivity contribution >= 4 is 5.97 Å². The topological polar surface area (TPSA) is 26.3 Å². The highest BCUT2D eigenvalue weighted by Crippen LogP contribution is 2.38. The zero-order valence-electron chi connectivity index (χ0n) is 14.8. The molecule has 2 fully saturated rings. The Bertz CT molecular complexity index is 312. The smallest absolute Gasteiger partial charge is 0.309 e. The van der Waals surface area contributed by atoms with Crippen LogP contribution in [0.1, 0.15) is 97.3 Å². The Morgan fingerprint density at radius 3 is 2.23 bits per heavy atom. The molecule has 0 heterocycles. The van der Waals surface area contributed by atoms with Gasteiger partial charge in [0.05, 0.1) is 5.92 Å². The van der Waals surface area contributed by atoms with Crippen molar-refractivity contribution in [3.8, 4) is 0 Å². The van der Waals surface area contributed by atoms with Crippen molar-refractivity contribution in [1.29, 1.82) is 0 Å². The number of esters is 1. The third-order valence-electron chi connectivity index (χ3n) is 5.89. The summed E-state index contributed by atoms with van der Waals surface area (Å²) in [6.45, 7) is 4.48. The van der Waals surface area contributed by atoms with Gasteiger partial charge < -0.3 is 4.74 Å². The lowest BCUT2D eigenvalue weighted by Crippen LogP contribution is -2.32. The Balaban J connectivity index is 1.84. The van der Waals surface area contributed by atoms with E-state index in [4.69, 9.17) is 4.74 Å². The summed E-state index contributed by atoms with van der Waals surface area (Å²) >= 11 is 0. The Morgan fingerprint density at radius 2 is 1.64 bits per heavy atom. The van der Waals surface area contributed by atoms with Crippen LogP contribution in [0.15, 0.2) is 0 Å². The number of carbonyl (C=O) groups is 1. The Morgan fingerprint density at radius 1 is 0.955 bits per heavy atom. The van der Waals surface area contributed by atoms with E-state index in [1.54, 1.807) is 0 Å². The average Bonchev–Trinajstić information content (AvgIpc) is 2.55. The van der Waals surface area contributed by atoms with E-state index >= 15 is 0 Å². The monoisotopic (exact) mass is 308 g/mol. The van der Waals surface area contributed by atoms with Crippen LogP contribution in [0.25, 0.3) is 0 Å². The minimum absolute atomic E-state index is 0.132. The summed E-state index contributed by atoms with van der Waals surface area (Å²) in [5, 5.41) is 0. The van der Waals surface area contributed by atoms with Gasteiger partial charge in [0.25, 0.3) is 0 Å². The molecule has 2 saturated carbocycles. The molecule has 1 atom stereocenters. The van der Waals surface area contributed by atoms with E-state index in [1.165, 1.54) is 57.8 Å². The van der Waals surface area contributed by atoms with Crippen LogP contribution in [-0.2, 0) is 9.53 Å². The van der Waals surface area contributed by atoms with Crippen molar-refractivity contribution in [2.75, 3.05) is 0 Å². The molecule has 0 bridgehead atoms. The van der Waals surface area contributed by atoms with Crippen molar-refractivity contribution < 1.29 is 9.53 Å². The molecule has 0 amide bonds. The molecule has 0 aliphatic heterocycles. The molecule has 2 aliphatic rings. The maximum absolute atomic E-state index is 12.7. The standard InChI is InChI=1S/C20H36O2/c1-3-8-16-12-14-17(15-13-16)19(9-4-2)20(21)22-18-10-6-5-7-11-18/h16-19H,3-15H2,1-2H3. The van der Waals surface area contributed by atoms with Crippen LogP contribution >= 0.6 is 0 Å². The maximum Gasteiger partial charge on any atom is 0.309 e. The highest BCUT2D eigenvalue weighted by Gasteiger charge is 2.33. The predicted molar refractivity (Wildman–Crippen MR) is 91.7 cm³/mol. The van der Waals surface area contributed by atoms with Crippen LogP contribution in [0.5, 0.6) is 0 Å². The molecule has 2 nitrogen and oxygen atoms in total. The fourth-order valence-corrected chi connectivity index (χ4v) is 4.58. The predicted octanol–water partition coefficient (Wildman–Crippen LogP) is 5.89. The summed E-state index contributed by atoms with van der Waals surface area (Å²) in [5.41, 5.74) is 0. The fraction of sp³-hybridized carbons (Fsp3) is 0.950. The molecule has 2 aliphatic carbocycles. The van der Waals surface area contributed by atoms with Crippen LogP contribution in [0, 0.1) is 17.8 Å². The molecule has 0 spiro atoms. The molecule has 0 radical (unpaired) electrons. The third kappa shape index (κ3) is 5.28. The zero-order chi connectivity index (χ0) is 15.8. The van der Waals surface area contributed by atoms with Gasteiger partial charge in [-0.05, 0) is 56.8 Å². The van der Waals surface area contributed by atoms with Gasteiger partial charge in [-0.3, -0.25) is 4.79 Å².